The molecule has 4 nitrogen and oxygen atoms in total. The molecule has 0 atom stereocenters. The van der Waals surface area contributed by atoms with Crippen LogP contribution in [0.5, 0.6) is 0 Å². The van der Waals surface area contributed by atoms with Crippen molar-refractivity contribution in [2.45, 2.75) is 26.9 Å². The average molecular weight is 234 g/mol. The highest BCUT2D eigenvalue weighted by Crippen LogP contribution is 2.23. The van der Waals surface area contributed by atoms with Crippen molar-refractivity contribution in [1.29, 1.82) is 0 Å². The van der Waals surface area contributed by atoms with Gasteiger partial charge in [-0.25, -0.2) is 4.39 Å². The molecule has 0 aliphatic heterocycles. The summed E-state index contributed by atoms with van der Waals surface area (Å²) in [4.78, 5) is 0. The lowest BCUT2D eigenvalue weighted by Crippen LogP contribution is -2.08. The summed E-state index contributed by atoms with van der Waals surface area (Å²) in [5.74, 6) is 1.24. The van der Waals surface area contributed by atoms with Crippen LogP contribution >= 0.6 is 0 Å². The molecule has 0 amide bonds. The van der Waals surface area contributed by atoms with Gasteiger partial charge in [-0.2, -0.15) is 0 Å². The maximum Gasteiger partial charge on any atom is 0.164 e. The van der Waals surface area contributed by atoms with E-state index in [0.717, 1.165) is 29.3 Å². The van der Waals surface area contributed by atoms with E-state index in [1.54, 1.807) is 6.07 Å². The van der Waals surface area contributed by atoms with Crippen LogP contribution in [0.4, 0.5) is 4.39 Å². The standard InChI is InChI=1S/C12H15FN4/c1-3-17-11(7-14)15-16-12(17)10-5-4-9(13)6-8(10)2/h4-6H,3,7,14H2,1-2H3. The molecule has 2 N–H and O–H groups in total. The second kappa shape index (κ2) is 4.63. The van der Waals surface area contributed by atoms with E-state index in [1.165, 1.54) is 12.1 Å². The van der Waals surface area contributed by atoms with Gasteiger partial charge in [-0.15, -0.1) is 10.2 Å². The molecule has 2 rings (SSSR count). The number of halogens is 1. The van der Waals surface area contributed by atoms with Crippen LogP contribution in [0.25, 0.3) is 11.4 Å². The molecule has 0 aliphatic carbocycles. The third-order valence-electron chi connectivity index (χ3n) is 2.76. The van der Waals surface area contributed by atoms with E-state index < -0.39 is 0 Å². The van der Waals surface area contributed by atoms with Crippen LogP contribution in [0.1, 0.15) is 18.3 Å². The minimum atomic E-state index is -0.243. The summed E-state index contributed by atoms with van der Waals surface area (Å²) in [5, 5.41) is 8.17. The van der Waals surface area contributed by atoms with Crippen molar-refractivity contribution in [3.05, 3.63) is 35.4 Å². The van der Waals surface area contributed by atoms with Crippen molar-refractivity contribution in [2.75, 3.05) is 0 Å². The highest BCUT2D eigenvalue weighted by molar-refractivity contribution is 5.60. The van der Waals surface area contributed by atoms with Crippen LogP contribution in [0.2, 0.25) is 0 Å². The van der Waals surface area contributed by atoms with E-state index in [-0.39, 0.29) is 5.82 Å². The first-order valence-electron chi connectivity index (χ1n) is 5.56. The van der Waals surface area contributed by atoms with Crippen molar-refractivity contribution < 1.29 is 4.39 Å². The first kappa shape index (κ1) is 11.7. The van der Waals surface area contributed by atoms with E-state index in [4.69, 9.17) is 5.73 Å². The number of rotatable bonds is 3. The molecule has 0 saturated carbocycles. The zero-order chi connectivity index (χ0) is 12.4. The highest BCUT2D eigenvalue weighted by Gasteiger charge is 2.13. The van der Waals surface area contributed by atoms with Gasteiger partial charge in [0.1, 0.15) is 11.6 Å². The van der Waals surface area contributed by atoms with Gasteiger partial charge in [0.25, 0.3) is 0 Å². The summed E-state index contributed by atoms with van der Waals surface area (Å²) in [6.07, 6.45) is 0. The van der Waals surface area contributed by atoms with E-state index in [0.29, 0.717) is 6.54 Å². The number of aromatic nitrogens is 3. The minimum Gasteiger partial charge on any atom is -0.324 e. The zero-order valence-corrected chi connectivity index (χ0v) is 9.94. The van der Waals surface area contributed by atoms with Crippen LogP contribution in [-0.2, 0) is 13.1 Å². The maximum atomic E-state index is 13.1. The third kappa shape index (κ3) is 2.06. The van der Waals surface area contributed by atoms with Gasteiger partial charge >= 0.3 is 0 Å². The Morgan fingerprint density at radius 1 is 1.35 bits per heavy atom. The quantitative estimate of drug-likeness (QED) is 0.882. The van der Waals surface area contributed by atoms with Gasteiger partial charge < -0.3 is 10.3 Å². The summed E-state index contributed by atoms with van der Waals surface area (Å²) in [5.41, 5.74) is 7.33. The summed E-state index contributed by atoms with van der Waals surface area (Å²) < 4.78 is 15.0. The molecule has 0 bridgehead atoms. The van der Waals surface area contributed by atoms with Crippen molar-refractivity contribution in [1.82, 2.24) is 14.8 Å². The molecule has 0 saturated heterocycles. The Hall–Kier alpha value is -1.75. The molecule has 0 aliphatic rings. The molecule has 5 heteroatoms. The van der Waals surface area contributed by atoms with Crippen LogP contribution in [-0.4, -0.2) is 14.8 Å². The van der Waals surface area contributed by atoms with Crippen LogP contribution in [0.3, 0.4) is 0 Å². The molecule has 0 fully saturated rings. The topological polar surface area (TPSA) is 56.7 Å². The molecule has 1 heterocycles. The number of benzene rings is 1. The lowest BCUT2D eigenvalue weighted by molar-refractivity contribution is 0.626. The minimum absolute atomic E-state index is 0.243. The first-order valence-corrected chi connectivity index (χ1v) is 5.56. The van der Waals surface area contributed by atoms with E-state index in [1.807, 2.05) is 18.4 Å². The Bertz CT molecular complexity index is 533. The highest BCUT2D eigenvalue weighted by atomic mass is 19.1. The summed E-state index contributed by atoms with van der Waals surface area (Å²) >= 11 is 0. The molecule has 1 aromatic heterocycles. The predicted octanol–water partition coefficient (Wildman–Crippen LogP) is 1.87. The van der Waals surface area contributed by atoms with E-state index in [2.05, 4.69) is 10.2 Å². The van der Waals surface area contributed by atoms with E-state index in [9.17, 15) is 4.39 Å². The predicted molar refractivity (Wildman–Crippen MR) is 63.7 cm³/mol. The Balaban J connectivity index is 2.56. The fraction of sp³-hybridized carbons (Fsp3) is 0.333. The van der Waals surface area contributed by atoms with E-state index >= 15 is 0 Å². The van der Waals surface area contributed by atoms with Gasteiger partial charge in [0, 0.05) is 12.1 Å². The summed E-state index contributed by atoms with van der Waals surface area (Å²) in [6.45, 7) is 4.95. The Labute approximate surface area is 99.3 Å². The van der Waals surface area contributed by atoms with Crippen molar-refractivity contribution in [2.24, 2.45) is 5.73 Å². The number of aryl methyl sites for hydroxylation is 1. The van der Waals surface area contributed by atoms with Crippen LogP contribution in [0.15, 0.2) is 18.2 Å². The SMILES string of the molecule is CCn1c(CN)nnc1-c1ccc(F)cc1C. The van der Waals surface area contributed by atoms with Gasteiger partial charge in [0.05, 0.1) is 6.54 Å². The van der Waals surface area contributed by atoms with Gasteiger partial charge in [0.2, 0.25) is 0 Å². The fourth-order valence-corrected chi connectivity index (χ4v) is 1.90. The Morgan fingerprint density at radius 2 is 2.12 bits per heavy atom. The number of nitrogens with two attached hydrogens (primary N) is 1. The van der Waals surface area contributed by atoms with Crippen molar-refractivity contribution in [3.8, 4) is 11.4 Å². The smallest absolute Gasteiger partial charge is 0.164 e. The molecule has 2 aromatic rings. The molecule has 0 unspecified atom stereocenters. The molecule has 90 valence electrons. The largest absolute Gasteiger partial charge is 0.324 e. The van der Waals surface area contributed by atoms with Crippen LogP contribution < -0.4 is 5.73 Å². The third-order valence-corrected chi connectivity index (χ3v) is 2.76. The fourth-order valence-electron chi connectivity index (χ4n) is 1.90. The normalized spacial score (nSPS) is 10.8. The van der Waals surface area contributed by atoms with Crippen LogP contribution in [0, 0.1) is 12.7 Å². The van der Waals surface area contributed by atoms with Crippen molar-refractivity contribution in [3.63, 3.8) is 0 Å². The summed E-state index contributed by atoms with van der Waals surface area (Å²) in [6, 6.07) is 4.65. The second-order valence-corrected chi connectivity index (χ2v) is 3.85. The number of hydrogen-bond donors (Lipinski definition) is 1. The maximum absolute atomic E-state index is 13.1. The van der Waals surface area contributed by atoms with Crippen molar-refractivity contribution >= 4 is 0 Å². The molecular formula is C12H15FN4. The number of hydrogen-bond acceptors (Lipinski definition) is 3. The second-order valence-electron chi connectivity index (χ2n) is 3.85. The average Bonchev–Trinajstić information content (AvgIpc) is 2.71. The molecule has 1 aromatic carbocycles. The molecule has 0 radical (unpaired) electrons. The Kier molecular flexibility index (Phi) is 3.19. The number of nitrogens with zero attached hydrogens (tertiary/aromatic N) is 3. The monoisotopic (exact) mass is 234 g/mol. The van der Waals surface area contributed by atoms with Gasteiger partial charge in [-0.05, 0) is 37.6 Å². The molecule has 0 spiro atoms. The molecule has 17 heavy (non-hydrogen) atoms. The summed E-state index contributed by atoms with van der Waals surface area (Å²) in [7, 11) is 0. The lowest BCUT2D eigenvalue weighted by atomic mass is 10.1. The van der Waals surface area contributed by atoms with Gasteiger partial charge in [-0.1, -0.05) is 0 Å². The van der Waals surface area contributed by atoms with Gasteiger partial charge in [0.15, 0.2) is 5.82 Å². The molecular weight excluding hydrogens is 219 g/mol. The van der Waals surface area contributed by atoms with Gasteiger partial charge in [-0.3, -0.25) is 0 Å². The first-order chi connectivity index (χ1) is 8.17. The lowest BCUT2D eigenvalue weighted by Gasteiger charge is -2.08. The zero-order valence-electron chi connectivity index (χ0n) is 9.94. The Morgan fingerprint density at radius 3 is 2.71 bits per heavy atom.